The molecule has 3 rings (SSSR count). The van der Waals surface area contributed by atoms with Crippen LogP contribution < -0.4 is 10.6 Å². The first-order valence-electron chi connectivity index (χ1n) is 12.2. The van der Waals surface area contributed by atoms with Gasteiger partial charge in [0.25, 0.3) is 5.91 Å². The van der Waals surface area contributed by atoms with Crippen LogP contribution in [0.1, 0.15) is 36.3 Å². The minimum absolute atomic E-state index is 0.0270. The molecule has 2 heterocycles. The van der Waals surface area contributed by atoms with Crippen LogP contribution in [0.5, 0.6) is 0 Å². The summed E-state index contributed by atoms with van der Waals surface area (Å²) in [5.41, 5.74) is 0.841. The van der Waals surface area contributed by atoms with E-state index >= 15 is 0 Å². The number of benzene rings is 1. The van der Waals surface area contributed by atoms with Crippen LogP contribution in [0.2, 0.25) is 0 Å². The van der Waals surface area contributed by atoms with Gasteiger partial charge in [-0.2, -0.15) is 0 Å². The van der Waals surface area contributed by atoms with E-state index in [-0.39, 0.29) is 18.0 Å². The molecule has 1 saturated heterocycles. The Hall–Kier alpha value is -3.84. The van der Waals surface area contributed by atoms with E-state index in [0.717, 1.165) is 5.56 Å². The van der Waals surface area contributed by atoms with E-state index in [2.05, 4.69) is 20.6 Å². The van der Waals surface area contributed by atoms with Crippen molar-refractivity contribution in [1.82, 2.24) is 25.5 Å². The van der Waals surface area contributed by atoms with E-state index in [1.807, 2.05) is 44.2 Å². The Labute approximate surface area is 221 Å². The van der Waals surface area contributed by atoms with Gasteiger partial charge < -0.3 is 25.0 Å². The highest BCUT2D eigenvalue weighted by molar-refractivity contribution is 6.50. The number of hydrogen-bond donors (Lipinski definition) is 3. The molecule has 12 nitrogen and oxygen atoms in total. The SMILES string of the molecule is CC(C)CC(NC(=O)C(Cc1ccccc1)NC(=O)c1cnccn1)B1OC(=O)[C@H](N(C)C)[C@H](C(=O)O)O1. The standard InChI is InChI=1S/C25H32BN5O7/c1-15(2)12-19(26-37-21(24(34)35)20(31(3)4)25(36)38-26)30-22(32)17(13-16-8-6-5-7-9-16)29-23(33)18-14-27-10-11-28-18/h5-11,14-15,17,19-21H,12-13H2,1-4H3,(H,29,33)(H,30,32)(H,34,35)/t17?,19?,20-,21-/m1/s1. The van der Waals surface area contributed by atoms with Gasteiger partial charge in [-0.25, -0.2) is 9.78 Å². The first-order valence-corrected chi connectivity index (χ1v) is 12.2. The third-order valence-electron chi connectivity index (χ3n) is 5.92. The maximum atomic E-state index is 13.5. The minimum Gasteiger partial charge on any atom is -0.507 e. The number of carbonyl (C=O) groups excluding carboxylic acids is 3. The highest BCUT2D eigenvalue weighted by Crippen LogP contribution is 2.21. The number of amides is 2. The van der Waals surface area contributed by atoms with Crippen molar-refractivity contribution >= 4 is 30.9 Å². The van der Waals surface area contributed by atoms with Gasteiger partial charge in [0.15, 0.2) is 6.10 Å². The van der Waals surface area contributed by atoms with Crippen molar-refractivity contribution in [2.45, 2.75) is 50.8 Å². The largest absolute Gasteiger partial charge is 0.552 e. The molecule has 4 atom stereocenters. The second kappa shape index (κ2) is 13.1. The van der Waals surface area contributed by atoms with Gasteiger partial charge in [-0.05, 0) is 32.0 Å². The zero-order valence-corrected chi connectivity index (χ0v) is 21.7. The van der Waals surface area contributed by atoms with Crippen LogP contribution in [0.4, 0.5) is 0 Å². The molecule has 2 amide bonds. The Morgan fingerprint density at radius 1 is 1.13 bits per heavy atom. The molecule has 1 fully saturated rings. The topological polar surface area (TPSA) is 160 Å². The number of likely N-dealkylation sites (N-methyl/N-ethyl adjacent to an activating group) is 1. The van der Waals surface area contributed by atoms with Gasteiger partial charge in [0.2, 0.25) is 5.91 Å². The lowest BCUT2D eigenvalue weighted by molar-refractivity contribution is -0.165. The third-order valence-corrected chi connectivity index (χ3v) is 5.92. The average molecular weight is 525 g/mol. The molecular formula is C25H32BN5O7. The monoisotopic (exact) mass is 525 g/mol. The number of rotatable bonds is 11. The number of nitrogens with zero attached hydrogens (tertiary/aromatic N) is 3. The normalized spacial score (nSPS) is 19.0. The van der Waals surface area contributed by atoms with Crippen LogP contribution >= 0.6 is 0 Å². The van der Waals surface area contributed by atoms with Crippen molar-refractivity contribution in [1.29, 1.82) is 0 Å². The molecule has 13 heteroatoms. The Kier molecular flexibility index (Phi) is 9.91. The van der Waals surface area contributed by atoms with Crippen LogP contribution in [0.15, 0.2) is 48.9 Å². The van der Waals surface area contributed by atoms with E-state index in [0.29, 0.717) is 6.42 Å². The predicted octanol–water partition coefficient (Wildman–Crippen LogP) is 0.333. The molecule has 0 bridgehead atoms. The number of nitrogens with one attached hydrogen (secondary N) is 2. The summed E-state index contributed by atoms with van der Waals surface area (Å²) in [6, 6.07) is 6.96. The van der Waals surface area contributed by atoms with Gasteiger partial charge in [-0.1, -0.05) is 44.2 Å². The van der Waals surface area contributed by atoms with E-state index in [9.17, 15) is 24.3 Å². The molecule has 0 spiro atoms. The number of carboxylic acid groups (broad SMARTS) is 1. The molecule has 1 aliphatic rings. The Bertz CT molecular complexity index is 1120. The number of carboxylic acids is 1. The molecule has 2 unspecified atom stereocenters. The molecule has 1 aliphatic heterocycles. The molecule has 0 saturated carbocycles. The van der Waals surface area contributed by atoms with Gasteiger partial charge in [0.05, 0.1) is 12.1 Å². The second-order valence-electron chi connectivity index (χ2n) is 9.66. The molecule has 3 N–H and O–H groups in total. The highest BCUT2D eigenvalue weighted by Gasteiger charge is 2.50. The zero-order chi connectivity index (χ0) is 27.8. The lowest BCUT2D eigenvalue weighted by Gasteiger charge is -2.37. The first kappa shape index (κ1) is 28.7. The third kappa shape index (κ3) is 7.59. The van der Waals surface area contributed by atoms with Crippen molar-refractivity contribution < 1.29 is 33.6 Å². The summed E-state index contributed by atoms with van der Waals surface area (Å²) in [6.07, 6.45) is 3.08. The molecule has 2 aromatic rings. The molecular weight excluding hydrogens is 493 g/mol. The Balaban J connectivity index is 1.84. The molecule has 1 aromatic carbocycles. The summed E-state index contributed by atoms with van der Waals surface area (Å²) in [5, 5.41) is 15.2. The lowest BCUT2D eigenvalue weighted by Crippen LogP contribution is -2.64. The smallest absolute Gasteiger partial charge is 0.507 e. The summed E-state index contributed by atoms with van der Waals surface area (Å²) in [5.74, 6) is -4.08. The first-order chi connectivity index (χ1) is 18.1. The Morgan fingerprint density at radius 2 is 1.84 bits per heavy atom. The van der Waals surface area contributed by atoms with E-state index < -0.39 is 55.0 Å². The maximum Gasteiger partial charge on any atom is 0.552 e. The van der Waals surface area contributed by atoms with E-state index in [1.165, 1.54) is 23.5 Å². The minimum atomic E-state index is -1.49. The van der Waals surface area contributed by atoms with E-state index in [1.54, 1.807) is 14.1 Å². The number of carbonyl (C=O) groups is 4. The molecule has 202 valence electrons. The fraction of sp³-hybridized carbons (Fsp3) is 0.440. The molecule has 1 aromatic heterocycles. The molecule has 0 aliphatic carbocycles. The van der Waals surface area contributed by atoms with Crippen molar-refractivity contribution in [2.24, 2.45) is 5.92 Å². The number of aromatic nitrogens is 2. The van der Waals surface area contributed by atoms with Gasteiger partial charge in [-0.15, -0.1) is 0 Å². The highest BCUT2D eigenvalue weighted by atomic mass is 16.6. The summed E-state index contributed by atoms with van der Waals surface area (Å²) >= 11 is 0. The molecule has 0 radical (unpaired) electrons. The zero-order valence-electron chi connectivity index (χ0n) is 21.7. The fourth-order valence-electron chi connectivity index (χ4n) is 4.14. The predicted molar refractivity (Wildman–Crippen MR) is 137 cm³/mol. The summed E-state index contributed by atoms with van der Waals surface area (Å²) in [6.45, 7) is 3.80. The summed E-state index contributed by atoms with van der Waals surface area (Å²) in [7, 11) is 1.76. The van der Waals surface area contributed by atoms with Gasteiger partial charge in [0, 0.05) is 18.8 Å². The summed E-state index contributed by atoms with van der Waals surface area (Å²) < 4.78 is 11.2. The quantitative estimate of drug-likeness (QED) is 0.349. The van der Waals surface area contributed by atoms with Crippen molar-refractivity contribution in [3.8, 4) is 0 Å². The fourth-order valence-corrected chi connectivity index (χ4v) is 4.14. The van der Waals surface area contributed by atoms with Crippen LogP contribution in [-0.2, 0) is 30.1 Å². The number of hydrogen-bond acceptors (Lipinski definition) is 9. The van der Waals surface area contributed by atoms with Crippen LogP contribution in [0.3, 0.4) is 0 Å². The van der Waals surface area contributed by atoms with Crippen LogP contribution in [0.25, 0.3) is 0 Å². The van der Waals surface area contributed by atoms with E-state index in [4.69, 9.17) is 9.31 Å². The van der Waals surface area contributed by atoms with Gasteiger partial charge in [-0.3, -0.25) is 24.3 Å². The van der Waals surface area contributed by atoms with Gasteiger partial charge >= 0.3 is 19.1 Å². The van der Waals surface area contributed by atoms with Crippen molar-refractivity contribution in [3.63, 3.8) is 0 Å². The Morgan fingerprint density at radius 3 is 2.42 bits per heavy atom. The number of aliphatic carboxylic acids is 1. The molecule has 38 heavy (non-hydrogen) atoms. The van der Waals surface area contributed by atoms with Crippen molar-refractivity contribution in [3.05, 3.63) is 60.2 Å². The van der Waals surface area contributed by atoms with Crippen molar-refractivity contribution in [2.75, 3.05) is 14.1 Å². The average Bonchev–Trinajstić information content (AvgIpc) is 2.87. The van der Waals surface area contributed by atoms with Gasteiger partial charge in [0.1, 0.15) is 17.8 Å². The lowest BCUT2D eigenvalue weighted by atomic mass is 9.72. The second-order valence-corrected chi connectivity index (χ2v) is 9.66. The maximum absolute atomic E-state index is 13.5. The van der Waals surface area contributed by atoms with Crippen LogP contribution in [0, 0.1) is 5.92 Å². The summed E-state index contributed by atoms with van der Waals surface area (Å²) in [4.78, 5) is 60.2. The van der Waals surface area contributed by atoms with Crippen LogP contribution in [-0.4, -0.2) is 89.1 Å².